The average Bonchev–Trinajstić information content (AvgIpc) is 2.72. The molecular formula is C10H18N2O2. The first-order chi connectivity index (χ1) is 6.86. The van der Waals surface area contributed by atoms with Crippen LogP contribution >= 0.6 is 0 Å². The molecule has 0 aromatic rings. The van der Waals surface area contributed by atoms with E-state index in [0.717, 1.165) is 45.4 Å². The summed E-state index contributed by atoms with van der Waals surface area (Å²) >= 11 is 0. The first-order valence-corrected chi connectivity index (χ1v) is 5.49. The molecular weight excluding hydrogens is 180 g/mol. The standard InChI is InChI=1S/C10H18N2O2/c13-10(9-4-2-6-14-9)12-8-3-1-5-11-7-8/h8-9,11H,1-7H2,(H,12,13). The van der Waals surface area contributed by atoms with Gasteiger partial charge in [-0.1, -0.05) is 0 Å². The number of carbonyl (C=O) groups excluding carboxylic acids is 1. The van der Waals surface area contributed by atoms with Crippen LogP contribution in [0.3, 0.4) is 0 Å². The highest BCUT2D eigenvalue weighted by molar-refractivity contribution is 5.81. The van der Waals surface area contributed by atoms with Gasteiger partial charge in [-0.05, 0) is 32.2 Å². The highest BCUT2D eigenvalue weighted by Crippen LogP contribution is 2.12. The molecule has 0 aliphatic carbocycles. The Balaban J connectivity index is 1.75. The highest BCUT2D eigenvalue weighted by atomic mass is 16.5. The normalized spacial score (nSPS) is 32.9. The second-order valence-corrected chi connectivity index (χ2v) is 4.05. The summed E-state index contributed by atoms with van der Waals surface area (Å²) in [6, 6.07) is 0.306. The highest BCUT2D eigenvalue weighted by Gasteiger charge is 2.25. The Bertz CT molecular complexity index is 196. The molecule has 2 aliphatic rings. The van der Waals surface area contributed by atoms with Gasteiger partial charge in [0.15, 0.2) is 0 Å². The van der Waals surface area contributed by atoms with Gasteiger partial charge >= 0.3 is 0 Å². The van der Waals surface area contributed by atoms with Crippen LogP contribution in [0.2, 0.25) is 0 Å². The third kappa shape index (κ3) is 2.45. The van der Waals surface area contributed by atoms with Crippen molar-refractivity contribution in [1.82, 2.24) is 10.6 Å². The molecule has 2 aliphatic heterocycles. The first-order valence-electron chi connectivity index (χ1n) is 5.49. The van der Waals surface area contributed by atoms with E-state index in [1.807, 2.05) is 0 Å². The fourth-order valence-electron chi connectivity index (χ4n) is 2.05. The van der Waals surface area contributed by atoms with Crippen LogP contribution in [0.5, 0.6) is 0 Å². The zero-order valence-electron chi connectivity index (χ0n) is 8.42. The minimum absolute atomic E-state index is 0.0798. The second kappa shape index (κ2) is 4.75. The largest absolute Gasteiger partial charge is 0.368 e. The van der Waals surface area contributed by atoms with E-state index in [0.29, 0.717) is 6.04 Å². The Labute approximate surface area is 84.4 Å². The summed E-state index contributed by atoms with van der Waals surface area (Å²) in [5.74, 6) is 0.0798. The maximum Gasteiger partial charge on any atom is 0.249 e. The molecule has 0 radical (unpaired) electrons. The summed E-state index contributed by atoms with van der Waals surface area (Å²) in [6.45, 7) is 2.71. The van der Waals surface area contributed by atoms with Gasteiger partial charge in [0.1, 0.15) is 6.10 Å². The van der Waals surface area contributed by atoms with E-state index in [4.69, 9.17) is 4.74 Å². The van der Waals surface area contributed by atoms with Crippen LogP contribution in [0.4, 0.5) is 0 Å². The molecule has 2 N–H and O–H groups in total. The van der Waals surface area contributed by atoms with Gasteiger partial charge in [-0.15, -0.1) is 0 Å². The van der Waals surface area contributed by atoms with E-state index in [2.05, 4.69) is 10.6 Å². The van der Waals surface area contributed by atoms with E-state index in [1.54, 1.807) is 0 Å². The van der Waals surface area contributed by atoms with Crippen molar-refractivity contribution in [3.05, 3.63) is 0 Å². The third-order valence-corrected chi connectivity index (χ3v) is 2.87. The van der Waals surface area contributed by atoms with Crippen LogP contribution < -0.4 is 10.6 Å². The molecule has 2 heterocycles. The molecule has 0 saturated carbocycles. The molecule has 2 unspecified atom stereocenters. The molecule has 0 aromatic heterocycles. The van der Waals surface area contributed by atoms with Crippen molar-refractivity contribution in [2.45, 2.75) is 37.8 Å². The maximum atomic E-state index is 11.6. The number of piperidine rings is 1. The van der Waals surface area contributed by atoms with E-state index in [9.17, 15) is 4.79 Å². The van der Waals surface area contributed by atoms with E-state index < -0.39 is 0 Å². The minimum atomic E-state index is -0.183. The molecule has 1 amide bonds. The molecule has 4 nitrogen and oxygen atoms in total. The van der Waals surface area contributed by atoms with Crippen LogP contribution in [-0.4, -0.2) is 37.7 Å². The lowest BCUT2D eigenvalue weighted by molar-refractivity contribution is -0.130. The Morgan fingerprint density at radius 2 is 2.29 bits per heavy atom. The summed E-state index contributed by atoms with van der Waals surface area (Å²) in [4.78, 5) is 11.6. The van der Waals surface area contributed by atoms with Crippen LogP contribution in [0, 0.1) is 0 Å². The van der Waals surface area contributed by atoms with Gasteiger partial charge in [0.05, 0.1) is 0 Å². The number of rotatable bonds is 2. The van der Waals surface area contributed by atoms with E-state index in [-0.39, 0.29) is 12.0 Å². The number of amides is 1. The van der Waals surface area contributed by atoms with Crippen molar-refractivity contribution in [3.63, 3.8) is 0 Å². The molecule has 4 heteroatoms. The van der Waals surface area contributed by atoms with Crippen molar-refractivity contribution in [2.24, 2.45) is 0 Å². The van der Waals surface area contributed by atoms with Gasteiger partial charge < -0.3 is 15.4 Å². The van der Waals surface area contributed by atoms with Crippen molar-refractivity contribution in [2.75, 3.05) is 19.7 Å². The number of carbonyl (C=O) groups is 1. The Morgan fingerprint density at radius 1 is 1.36 bits per heavy atom. The van der Waals surface area contributed by atoms with Gasteiger partial charge in [-0.25, -0.2) is 0 Å². The quantitative estimate of drug-likeness (QED) is 0.658. The lowest BCUT2D eigenvalue weighted by Crippen LogP contribution is -2.48. The van der Waals surface area contributed by atoms with Crippen LogP contribution in [0.1, 0.15) is 25.7 Å². The van der Waals surface area contributed by atoms with Gasteiger partial charge in [-0.2, -0.15) is 0 Å². The molecule has 14 heavy (non-hydrogen) atoms. The van der Waals surface area contributed by atoms with Crippen LogP contribution in [0.15, 0.2) is 0 Å². The lowest BCUT2D eigenvalue weighted by atomic mass is 10.1. The number of nitrogens with one attached hydrogen (secondary N) is 2. The third-order valence-electron chi connectivity index (χ3n) is 2.87. The smallest absolute Gasteiger partial charge is 0.249 e. The summed E-state index contributed by atoms with van der Waals surface area (Å²) in [5.41, 5.74) is 0. The summed E-state index contributed by atoms with van der Waals surface area (Å²) in [7, 11) is 0. The van der Waals surface area contributed by atoms with Gasteiger partial charge in [0.2, 0.25) is 5.91 Å². The molecule has 0 aromatic carbocycles. The fourth-order valence-corrected chi connectivity index (χ4v) is 2.05. The van der Waals surface area contributed by atoms with Gasteiger partial charge in [-0.3, -0.25) is 4.79 Å². The minimum Gasteiger partial charge on any atom is -0.368 e. The van der Waals surface area contributed by atoms with E-state index in [1.165, 1.54) is 0 Å². The number of ether oxygens (including phenoxy) is 1. The SMILES string of the molecule is O=C(NC1CCCNC1)C1CCCO1. The number of hydrogen-bond acceptors (Lipinski definition) is 3. The predicted molar refractivity (Wildman–Crippen MR) is 53.0 cm³/mol. The first kappa shape index (κ1) is 9.93. The Kier molecular flexibility index (Phi) is 3.37. The second-order valence-electron chi connectivity index (χ2n) is 4.05. The summed E-state index contributed by atoms with van der Waals surface area (Å²) < 4.78 is 5.32. The van der Waals surface area contributed by atoms with Crippen LogP contribution in [0.25, 0.3) is 0 Å². The molecule has 2 rings (SSSR count). The summed E-state index contributed by atoms with van der Waals surface area (Å²) in [6.07, 6.45) is 3.95. The van der Waals surface area contributed by atoms with Crippen molar-refractivity contribution in [3.8, 4) is 0 Å². The summed E-state index contributed by atoms with van der Waals surface area (Å²) in [5, 5.41) is 6.31. The molecule has 2 saturated heterocycles. The van der Waals surface area contributed by atoms with Crippen molar-refractivity contribution >= 4 is 5.91 Å². The zero-order valence-corrected chi connectivity index (χ0v) is 8.42. The maximum absolute atomic E-state index is 11.6. The van der Waals surface area contributed by atoms with Crippen molar-refractivity contribution in [1.29, 1.82) is 0 Å². The number of hydrogen-bond donors (Lipinski definition) is 2. The molecule has 0 bridgehead atoms. The van der Waals surface area contributed by atoms with Gasteiger partial charge in [0.25, 0.3) is 0 Å². The van der Waals surface area contributed by atoms with E-state index >= 15 is 0 Å². The molecule has 80 valence electrons. The lowest BCUT2D eigenvalue weighted by Gasteiger charge is -2.24. The fraction of sp³-hybridized carbons (Fsp3) is 0.900. The van der Waals surface area contributed by atoms with Crippen LogP contribution in [-0.2, 0) is 9.53 Å². The predicted octanol–water partition coefficient (Wildman–Crippen LogP) is 0.0336. The van der Waals surface area contributed by atoms with Gasteiger partial charge in [0, 0.05) is 19.2 Å². The Hall–Kier alpha value is -0.610. The van der Waals surface area contributed by atoms with Crippen molar-refractivity contribution < 1.29 is 9.53 Å². The zero-order chi connectivity index (χ0) is 9.80. The molecule has 2 fully saturated rings. The molecule has 2 atom stereocenters. The average molecular weight is 198 g/mol. The Morgan fingerprint density at radius 3 is 2.93 bits per heavy atom. The topological polar surface area (TPSA) is 50.4 Å². The molecule has 0 spiro atoms. The monoisotopic (exact) mass is 198 g/mol.